The van der Waals surface area contributed by atoms with E-state index in [2.05, 4.69) is 4.74 Å². The molecule has 82 valence electrons. The molecule has 0 radical (unpaired) electrons. The van der Waals surface area contributed by atoms with Crippen molar-refractivity contribution in [3.05, 3.63) is 42.4 Å². The lowest BCUT2D eigenvalue weighted by molar-refractivity contribution is 0.0601. The van der Waals surface area contributed by atoms with Crippen molar-refractivity contribution < 1.29 is 13.9 Å². The molecule has 2 rings (SSSR count). The number of carbonyl (C=O) groups is 1. The number of esters is 1. The molecule has 1 aromatic carbocycles. The van der Waals surface area contributed by atoms with Crippen LogP contribution < -0.4 is 5.73 Å². The van der Waals surface area contributed by atoms with Crippen LogP contribution in [0.1, 0.15) is 10.4 Å². The molecule has 0 aliphatic rings. The number of furan rings is 1. The molecule has 1 aromatic heterocycles. The van der Waals surface area contributed by atoms with Gasteiger partial charge in [0.1, 0.15) is 11.8 Å². The Bertz CT molecular complexity index is 516. The number of nitrogens with two attached hydrogens (primary N) is 1. The van der Waals surface area contributed by atoms with E-state index in [-0.39, 0.29) is 0 Å². The number of carbonyl (C=O) groups excluding carboxylic acids is 1. The molecule has 0 spiro atoms. The van der Waals surface area contributed by atoms with E-state index in [0.29, 0.717) is 16.8 Å². The van der Waals surface area contributed by atoms with Crippen molar-refractivity contribution in [1.82, 2.24) is 0 Å². The normalized spacial score (nSPS) is 10.1. The van der Waals surface area contributed by atoms with E-state index in [4.69, 9.17) is 10.2 Å². The summed E-state index contributed by atoms with van der Waals surface area (Å²) in [6, 6.07) is 7.27. The van der Waals surface area contributed by atoms with Crippen LogP contribution in [-0.2, 0) is 4.74 Å². The molecule has 2 aromatic rings. The van der Waals surface area contributed by atoms with Gasteiger partial charge in [-0.15, -0.1) is 0 Å². The smallest absolute Gasteiger partial charge is 0.341 e. The van der Waals surface area contributed by atoms with Crippen molar-refractivity contribution >= 4 is 11.7 Å². The number of benzene rings is 1. The summed E-state index contributed by atoms with van der Waals surface area (Å²) in [4.78, 5) is 11.5. The van der Waals surface area contributed by atoms with E-state index in [1.807, 2.05) is 18.2 Å². The van der Waals surface area contributed by atoms with Crippen molar-refractivity contribution in [2.24, 2.45) is 0 Å². The Morgan fingerprint density at radius 3 is 2.69 bits per heavy atom. The molecule has 0 fully saturated rings. The first kappa shape index (κ1) is 10.3. The van der Waals surface area contributed by atoms with Gasteiger partial charge in [-0.2, -0.15) is 0 Å². The number of para-hydroxylation sites is 1. The molecular weight excluding hydrogens is 206 g/mol. The fourth-order valence-electron chi connectivity index (χ4n) is 1.52. The third kappa shape index (κ3) is 1.65. The molecular formula is C12H11NO3. The standard InChI is InChI=1S/C12H11NO3/c1-15-12(14)10-7-16-6-9(10)8-4-2-3-5-11(8)13/h2-7H,13H2,1H3. The van der Waals surface area contributed by atoms with Crippen LogP contribution >= 0.6 is 0 Å². The zero-order chi connectivity index (χ0) is 11.5. The summed E-state index contributed by atoms with van der Waals surface area (Å²) in [7, 11) is 1.33. The predicted octanol–water partition coefficient (Wildman–Crippen LogP) is 2.32. The number of hydrogen-bond donors (Lipinski definition) is 1. The van der Waals surface area contributed by atoms with Crippen LogP contribution in [0.4, 0.5) is 5.69 Å². The lowest BCUT2D eigenvalue weighted by atomic mass is 10.0. The maximum Gasteiger partial charge on any atom is 0.341 e. The SMILES string of the molecule is COC(=O)c1cocc1-c1ccccc1N. The van der Waals surface area contributed by atoms with Crippen LogP contribution in [0.2, 0.25) is 0 Å². The van der Waals surface area contributed by atoms with Crippen LogP contribution in [0, 0.1) is 0 Å². The van der Waals surface area contributed by atoms with Crippen LogP contribution in [-0.4, -0.2) is 13.1 Å². The van der Waals surface area contributed by atoms with Gasteiger partial charge in [0, 0.05) is 16.8 Å². The molecule has 4 nitrogen and oxygen atoms in total. The van der Waals surface area contributed by atoms with Crippen LogP contribution in [0.25, 0.3) is 11.1 Å². The zero-order valence-electron chi connectivity index (χ0n) is 8.77. The van der Waals surface area contributed by atoms with Gasteiger partial charge in [0.05, 0.1) is 13.4 Å². The maximum atomic E-state index is 11.5. The van der Waals surface area contributed by atoms with Gasteiger partial charge < -0.3 is 14.9 Å². The van der Waals surface area contributed by atoms with Gasteiger partial charge in [0.2, 0.25) is 0 Å². The van der Waals surface area contributed by atoms with E-state index in [0.717, 1.165) is 5.56 Å². The van der Waals surface area contributed by atoms with Crippen LogP contribution in [0.5, 0.6) is 0 Å². The Hall–Kier alpha value is -2.23. The highest BCUT2D eigenvalue weighted by atomic mass is 16.5. The molecule has 0 unspecified atom stereocenters. The molecule has 1 heterocycles. The van der Waals surface area contributed by atoms with Gasteiger partial charge in [-0.25, -0.2) is 4.79 Å². The highest BCUT2D eigenvalue weighted by molar-refractivity contribution is 5.98. The fraction of sp³-hybridized carbons (Fsp3) is 0.0833. The Balaban J connectivity index is 2.53. The van der Waals surface area contributed by atoms with Gasteiger partial charge in [-0.05, 0) is 6.07 Å². The van der Waals surface area contributed by atoms with E-state index in [1.165, 1.54) is 19.6 Å². The number of hydrogen-bond acceptors (Lipinski definition) is 4. The Kier molecular flexibility index (Phi) is 2.64. The minimum absolute atomic E-state index is 0.375. The van der Waals surface area contributed by atoms with Crippen molar-refractivity contribution in [2.45, 2.75) is 0 Å². The summed E-state index contributed by atoms with van der Waals surface area (Å²) in [5.74, 6) is -0.438. The zero-order valence-corrected chi connectivity index (χ0v) is 8.77. The van der Waals surface area contributed by atoms with Gasteiger partial charge in [0.25, 0.3) is 0 Å². The van der Waals surface area contributed by atoms with Crippen molar-refractivity contribution in [3.63, 3.8) is 0 Å². The molecule has 0 aliphatic carbocycles. The number of rotatable bonds is 2. The van der Waals surface area contributed by atoms with E-state index >= 15 is 0 Å². The average Bonchev–Trinajstić information content (AvgIpc) is 2.77. The summed E-state index contributed by atoms with van der Waals surface area (Å²) in [5.41, 5.74) is 8.20. The summed E-state index contributed by atoms with van der Waals surface area (Å²) < 4.78 is 9.68. The summed E-state index contributed by atoms with van der Waals surface area (Å²) in [5, 5.41) is 0. The molecule has 0 saturated carbocycles. The molecule has 0 bridgehead atoms. The number of ether oxygens (including phenoxy) is 1. The Labute approximate surface area is 92.6 Å². The lowest BCUT2D eigenvalue weighted by Gasteiger charge is -2.04. The average molecular weight is 217 g/mol. The Morgan fingerprint density at radius 1 is 1.25 bits per heavy atom. The van der Waals surface area contributed by atoms with E-state index in [1.54, 1.807) is 6.07 Å². The van der Waals surface area contributed by atoms with E-state index < -0.39 is 5.97 Å². The number of nitrogen functional groups attached to an aromatic ring is 1. The number of anilines is 1. The van der Waals surface area contributed by atoms with Gasteiger partial charge >= 0.3 is 5.97 Å². The van der Waals surface area contributed by atoms with Gasteiger partial charge in [-0.1, -0.05) is 18.2 Å². The summed E-state index contributed by atoms with van der Waals surface area (Å²) in [6.45, 7) is 0. The molecule has 0 atom stereocenters. The second-order valence-electron chi connectivity index (χ2n) is 3.28. The minimum atomic E-state index is -0.438. The first-order valence-electron chi connectivity index (χ1n) is 4.73. The quantitative estimate of drug-likeness (QED) is 0.619. The number of methoxy groups -OCH3 is 1. The topological polar surface area (TPSA) is 65.5 Å². The largest absolute Gasteiger partial charge is 0.471 e. The first-order chi connectivity index (χ1) is 7.74. The summed E-state index contributed by atoms with van der Waals surface area (Å²) >= 11 is 0. The Morgan fingerprint density at radius 2 is 2.00 bits per heavy atom. The summed E-state index contributed by atoms with van der Waals surface area (Å²) in [6.07, 6.45) is 2.84. The van der Waals surface area contributed by atoms with Crippen LogP contribution in [0.15, 0.2) is 41.2 Å². The minimum Gasteiger partial charge on any atom is -0.471 e. The maximum absolute atomic E-state index is 11.5. The van der Waals surface area contributed by atoms with Crippen molar-refractivity contribution in [1.29, 1.82) is 0 Å². The third-order valence-corrected chi connectivity index (χ3v) is 2.32. The monoisotopic (exact) mass is 217 g/mol. The van der Waals surface area contributed by atoms with E-state index in [9.17, 15) is 4.79 Å². The van der Waals surface area contributed by atoms with Crippen molar-refractivity contribution in [3.8, 4) is 11.1 Å². The molecule has 0 amide bonds. The predicted molar refractivity (Wildman–Crippen MR) is 59.9 cm³/mol. The molecule has 0 saturated heterocycles. The second-order valence-corrected chi connectivity index (χ2v) is 3.28. The van der Waals surface area contributed by atoms with Crippen molar-refractivity contribution in [2.75, 3.05) is 12.8 Å². The fourth-order valence-corrected chi connectivity index (χ4v) is 1.52. The highest BCUT2D eigenvalue weighted by Gasteiger charge is 2.16. The second kappa shape index (κ2) is 4.10. The van der Waals surface area contributed by atoms with Gasteiger partial charge in [0.15, 0.2) is 0 Å². The molecule has 2 N–H and O–H groups in total. The molecule has 4 heteroatoms. The van der Waals surface area contributed by atoms with Gasteiger partial charge in [-0.3, -0.25) is 0 Å². The highest BCUT2D eigenvalue weighted by Crippen LogP contribution is 2.29. The van der Waals surface area contributed by atoms with Crippen LogP contribution in [0.3, 0.4) is 0 Å². The first-order valence-corrected chi connectivity index (χ1v) is 4.73. The molecule has 0 aliphatic heterocycles. The lowest BCUT2D eigenvalue weighted by Crippen LogP contribution is -2.01. The third-order valence-electron chi connectivity index (χ3n) is 2.32. The molecule has 16 heavy (non-hydrogen) atoms.